The first-order valence-corrected chi connectivity index (χ1v) is 7.48. The predicted octanol–water partition coefficient (Wildman–Crippen LogP) is 4.39. The van der Waals surface area contributed by atoms with Crippen LogP contribution in [0.2, 0.25) is 0 Å². The van der Waals surface area contributed by atoms with Crippen molar-refractivity contribution < 1.29 is 4.79 Å². The number of halogens is 2. The number of anilines is 1. The molecular weight excluding hydrogens is 398 g/mol. The van der Waals surface area contributed by atoms with Gasteiger partial charge in [-0.1, -0.05) is 31.9 Å². The zero-order valence-corrected chi connectivity index (χ0v) is 13.8. The Labute approximate surface area is 138 Å². The van der Waals surface area contributed by atoms with E-state index in [1.165, 1.54) is 0 Å². The number of benzene rings is 2. The molecule has 0 radical (unpaired) electrons. The number of nitrogens with zero attached hydrogens (tertiary/aromatic N) is 2. The van der Waals surface area contributed by atoms with Crippen molar-refractivity contribution >= 4 is 49.0 Å². The maximum absolute atomic E-state index is 12.1. The minimum absolute atomic E-state index is 0.194. The summed E-state index contributed by atoms with van der Waals surface area (Å²) in [7, 11) is 0. The molecule has 104 valence electrons. The highest BCUT2D eigenvalue weighted by molar-refractivity contribution is 9.10. The van der Waals surface area contributed by atoms with Gasteiger partial charge in [-0.15, -0.1) is 0 Å². The molecule has 2 aromatic rings. The second-order valence-corrected chi connectivity index (χ2v) is 5.86. The molecule has 0 aliphatic heterocycles. The van der Waals surface area contributed by atoms with Crippen LogP contribution in [-0.2, 0) is 0 Å². The zero-order chi connectivity index (χ0) is 15.2. The number of hydrogen-bond acceptors (Lipinski definition) is 4. The molecule has 2 aromatic carbocycles. The van der Waals surface area contributed by atoms with Gasteiger partial charge in [0, 0.05) is 14.5 Å². The monoisotopic (exact) mass is 405 g/mol. The molecule has 0 aliphatic carbocycles. The second kappa shape index (κ2) is 7.16. The standard InChI is InChI=1S/C15H9Br2N3O/c16-11-3-1-10(2-4-11)15(21)14(9-18)20-19-13-7-5-12(17)6-8-13/h1-8,19H. The Balaban J connectivity index is 2.17. The van der Waals surface area contributed by atoms with Crippen LogP contribution in [0.15, 0.2) is 62.6 Å². The maximum atomic E-state index is 12.1. The lowest BCUT2D eigenvalue weighted by atomic mass is 10.1. The Hall–Kier alpha value is -1.97. The molecule has 21 heavy (non-hydrogen) atoms. The number of hydrogen-bond donors (Lipinski definition) is 1. The van der Waals surface area contributed by atoms with E-state index in [0.29, 0.717) is 11.3 Å². The highest BCUT2D eigenvalue weighted by Gasteiger charge is 2.13. The number of nitrogens with one attached hydrogen (secondary N) is 1. The van der Waals surface area contributed by atoms with Crippen molar-refractivity contribution in [3.05, 3.63) is 63.0 Å². The Bertz CT molecular complexity index is 716. The molecule has 4 nitrogen and oxygen atoms in total. The van der Waals surface area contributed by atoms with Gasteiger partial charge < -0.3 is 0 Å². The lowest BCUT2D eigenvalue weighted by Gasteiger charge is -2.02. The maximum Gasteiger partial charge on any atom is 0.223 e. The quantitative estimate of drug-likeness (QED) is 0.465. The van der Waals surface area contributed by atoms with Gasteiger partial charge in [-0.05, 0) is 48.5 Å². The van der Waals surface area contributed by atoms with Gasteiger partial charge in [-0.2, -0.15) is 10.4 Å². The highest BCUT2D eigenvalue weighted by atomic mass is 79.9. The van der Waals surface area contributed by atoms with E-state index >= 15 is 0 Å². The van der Waals surface area contributed by atoms with Crippen LogP contribution in [0.3, 0.4) is 0 Å². The van der Waals surface area contributed by atoms with Crippen LogP contribution in [0, 0.1) is 11.3 Å². The Morgan fingerprint density at radius 3 is 2.05 bits per heavy atom. The molecule has 0 atom stereocenters. The van der Waals surface area contributed by atoms with Crippen molar-refractivity contribution in [2.45, 2.75) is 0 Å². The molecule has 2 rings (SSSR count). The SMILES string of the molecule is N#CC(=NNc1ccc(Br)cc1)C(=O)c1ccc(Br)cc1. The molecule has 0 heterocycles. The number of hydrazone groups is 1. The van der Waals surface area contributed by atoms with Gasteiger partial charge in [0.2, 0.25) is 11.5 Å². The van der Waals surface area contributed by atoms with E-state index in [1.54, 1.807) is 36.4 Å². The lowest BCUT2D eigenvalue weighted by molar-refractivity contribution is 0.106. The Kier molecular flexibility index (Phi) is 5.26. The molecule has 0 aliphatic rings. The topological polar surface area (TPSA) is 65.2 Å². The van der Waals surface area contributed by atoms with Crippen molar-refractivity contribution in [2.75, 3.05) is 5.43 Å². The predicted molar refractivity (Wildman–Crippen MR) is 89.3 cm³/mol. The van der Waals surface area contributed by atoms with Crippen molar-refractivity contribution in [1.82, 2.24) is 0 Å². The fraction of sp³-hybridized carbons (Fsp3) is 0. The summed E-state index contributed by atoms with van der Waals surface area (Å²) in [6.45, 7) is 0. The van der Waals surface area contributed by atoms with Crippen LogP contribution in [0.4, 0.5) is 5.69 Å². The summed E-state index contributed by atoms with van der Waals surface area (Å²) in [4.78, 5) is 12.1. The molecule has 0 unspecified atom stereocenters. The van der Waals surface area contributed by atoms with Gasteiger partial charge in [0.1, 0.15) is 6.07 Å². The van der Waals surface area contributed by atoms with Gasteiger partial charge in [-0.3, -0.25) is 10.2 Å². The van der Waals surface area contributed by atoms with Crippen molar-refractivity contribution in [3.8, 4) is 6.07 Å². The summed E-state index contributed by atoms with van der Waals surface area (Å²) in [5.41, 5.74) is 3.61. The fourth-order valence-corrected chi connectivity index (χ4v) is 2.04. The van der Waals surface area contributed by atoms with Crippen LogP contribution in [-0.4, -0.2) is 11.5 Å². The third-order valence-corrected chi connectivity index (χ3v) is 3.63. The van der Waals surface area contributed by atoms with E-state index in [1.807, 2.05) is 18.2 Å². The average Bonchev–Trinajstić information content (AvgIpc) is 2.50. The highest BCUT2D eigenvalue weighted by Crippen LogP contribution is 2.14. The number of rotatable bonds is 4. The van der Waals surface area contributed by atoms with E-state index in [4.69, 9.17) is 5.26 Å². The van der Waals surface area contributed by atoms with Gasteiger partial charge in [0.05, 0.1) is 5.69 Å². The fourth-order valence-electron chi connectivity index (χ4n) is 1.51. The van der Waals surface area contributed by atoms with Gasteiger partial charge in [-0.25, -0.2) is 0 Å². The van der Waals surface area contributed by atoms with E-state index in [-0.39, 0.29) is 5.71 Å². The van der Waals surface area contributed by atoms with Crippen LogP contribution >= 0.6 is 31.9 Å². The van der Waals surface area contributed by atoms with Crippen molar-refractivity contribution in [3.63, 3.8) is 0 Å². The first-order chi connectivity index (χ1) is 10.1. The summed E-state index contributed by atoms with van der Waals surface area (Å²) in [6.07, 6.45) is 0. The molecule has 0 spiro atoms. The average molecular weight is 407 g/mol. The molecule has 1 N–H and O–H groups in total. The van der Waals surface area contributed by atoms with Crippen LogP contribution in [0.5, 0.6) is 0 Å². The minimum Gasteiger partial charge on any atom is -0.286 e. The Morgan fingerprint density at radius 2 is 1.52 bits per heavy atom. The minimum atomic E-state index is -0.422. The molecule has 0 fully saturated rings. The van der Waals surface area contributed by atoms with E-state index in [0.717, 1.165) is 8.95 Å². The van der Waals surface area contributed by atoms with Crippen molar-refractivity contribution in [1.29, 1.82) is 5.26 Å². The van der Waals surface area contributed by atoms with Gasteiger partial charge in [0.15, 0.2) is 0 Å². The summed E-state index contributed by atoms with van der Waals surface area (Å²) < 4.78 is 1.80. The number of ketones is 1. The third-order valence-electron chi connectivity index (χ3n) is 2.57. The van der Waals surface area contributed by atoms with Crippen LogP contribution < -0.4 is 5.43 Å². The summed E-state index contributed by atoms with van der Waals surface area (Å²) in [6, 6.07) is 15.8. The Morgan fingerprint density at radius 1 is 1.00 bits per heavy atom. The number of nitriles is 1. The van der Waals surface area contributed by atoms with Gasteiger partial charge >= 0.3 is 0 Å². The largest absolute Gasteiger partial charge is 0.286 e. The molecule has 0 amide bonds. The zero-order valence-electron chi connectivity index (χ0n) is 10.7. The smallest absolute Gasteiger partial charge is 0.223 e. The number of carbonyl (C=O) groups is 1. The first kappa shape index (κ1) is 15.4. The second-order valence-electron chi connectivity index (χ2n) is 4.03. The van der Waals surface area contributed by atoms with Crippen LogP contribution in [0.1, 0.15) is 10.4 Å². The number of Topliss-reactive ketones (excluding diaryl/α,β-unsaturated/α-hetero) is 1. The molecule has 0 bridgehead atoms. The molecule has 0 aromatic heterocycles. The molecule has 6 heteroatoms. The van der Waals surface area contributed by atoms with Crippen molar-refractivity contribution in [2.24, 2.45) is 5.10 Å². The molecule has 0 saturated carbocycles. The molecule has 0 saturated heterocycles. The first-order valence-electron chi connectivity index (χ1n) is 5.90. The van der Waals surface area contributed by atoms with E-state index in [9.17, 15) is 4.79 Å². The summed E-state index contributed by atoms with van der Waals surface area (Å²) in [5.74, 6) is -0.422. The summed E-state index contributed by atoms with van der Waals surface area (Å²) in [5, 5.41) is 12.9. The lowest BCUT2D eigenvalue weighted by Crippen LogP contribution is -2.14. The van der Waals surface area contributed by atoms with E-state index < -0.39 is 5.78 Å². The normalized spacial score (nSPS) is 10.8. The third kappa shape index (κ3) is 4.25. The van der Waals surface area contributed by atoms with Gasteiger partial charge in [0.25, 0.3) is 0 Å². The van der Waals surface area contributed by atoms with E-state index in [2.05, 4.69) is 42.4 Å². The molecular formula is C15H9Br2N3O. The van der Waals surface area contributed by atoms with Crippen LogP contribution in [0.25, 0.3) is 0 Å². The summed E-state index contributed by atoms with van der Waals surface area (Å²) >= 11 is 6.62. The number of carbonyl (C=O) groups excluding carboxylic acids is 1.